The molecule has 9 nitrogen and oxygen atoms in total. The van der Waals surface area contributed by atoms with Gasteiger partial charge in [0.1, 0.15) is 12.3 Å². The largest absolute Gasteiger partial charge is 0.493 e. The Morgan fingerprint density at radius 3 is 2.77 bits per heavy atom. The summed E-state index contributed by atoms with van der Waals surface area (Å²) in [6.45, 7) is 6.09. The summed E-state index contributed by atoms with van der Waals surface area (Å²) in [5.41, 5.74) is 2.13. The van der Waals surface area contributed by atoms with Gasteiger partial charge in [-0.2, -0.15) is 0 Å². The summed E-state index contributed by atoms with van der Waals surface area (Å²) in [6.07, 6.45) is 8.67. The highest BCUT2D eigenvalue weighted by molar-refractivity contribution is 6.33. The van der Waals surface area contributed by atoms with E-state index in [1.165, 1.54) is 6.20 Å². The molecule has 182 valence electrons. The first kappa shape index (κ1) is 23.3. The maximum atomic E-state index is 6.40. The molecule has 0 bridgehead atoms. The Kier molecular flexibility index (Phi) is 6.95. The van der Waals surface area contributed by atoms with Crippen molar-refractivity contribution < 1.29 is 18.9 Å². The van der Waals surface area contributed by atoms with Gasteiger partial charge in [0, 0.05) is 56.1 Å². The molecule has 1 N–H and O–H groups in total. The fraction of sp³-hybridized carbons (Fsp3) is 0.360. The van der Waals surface area contributed by atoms with Gasteiger partial charge in [-0.25, -0.2) is 4.98 Å². The number of halogens is 1. The highest BCUT2D eigenvalue weighted by atomic mass is 35.5. The number of piperazine rings is 1. The summed E-state index contributed by atoms with van der Waals surface area (Å²) < 4.78 is 22.7. The van der Waals surface area contributed by atoms with Gasteiger partial charge in [-0.15, -0.1) is 6.42 Å². The lowest BCUT2D eigenvalue weighted by Gasteiger charge is -2.33. The lowest BCUT2D eigenvalue weighted by molar-refractivity contribution is 0.125. The first-order chi connectivity index (χ1) is 17.2. The number of fused-ring (bicyclic) bond motifs is 2. The van der Waals surface area contributed by atoms with E-state index < -0.39 is 0 Å². The number of anilines is 2. The molecule has 0 aliphatic carbocycles. The minimum atomic E-state index is 0.101. The molecule has 0 saturated carbocycles. The molecule has 1 fully saturated rings. The predicted octanol–water partition coefficient (Wildman–Crippen LogP) is 3.39. The molecular formula is C25H26ClN5O4. The van der Waals surface area contributed by atoms with Crippen molar-refractivity contribution >= 4 is 33.9 Å². The Balaban J connectivity index is 1.31. The van der Waals surface area contributed by atoms with Crippen LogP contribution >= 0.6 is 11.6 Å². The Hall–Kier alpha value is -3.45. The van der Waals surface area contributed by atoms with Crippen molar-refractivity contribution in [3.8, 4) is 35.5 Å². The summed E-state index contributed by atoms with van der Waals surface area (Å²) >= 11 is 6.40. The van der Waals surface area contributed by atoms with Crippen LogP contribution < -0.4 is 24.3 Å². The Labute approximate surface area is 208 Å². The van der Waals surface area contributed by atoms with E-state index in [0.717, 1.165) is 49.3 Å². The second-order valence-electron chi connectivity index (χ2n) is 8.20. The van der Waals surface area contributed by atoms with Gasteiger partial charge in [-0.3, -0.25) is 14.8 Å². The molecule has 0 atom stereocenters. The fourth-order valence-corrected chi connectivity index (χ4v) is 4.39. The van der Waals surface area contributed by atoms with E-state index in [1.807, 2.05) is 18.2 Å². The van der Waals surface area contributed by atoms with E-state index >= 15 is 0 Å². The van der Waals surface area contributed by atoms with E-state index in [-0.39, 0.29) is 6.79 Å². The number of nitrogens with one attached hydrogen (secondary N) is 1. The smallest absolute Gasteiger partial charge is 0.262 e. The maximum Gasteiger partial charge on any atom is 0.262 e. The highest BCUT2D eigenvalue weighted by Crippen LogP contribution is 2.44. The molecule has 1 saturated heterocycles. The molecule has 35 heavy (non-hydrogen) atoms. The van der Waals surface area contributed by atoms with Crippen LogP contribution in [0, 0.1) is 12.3 Å². The van der Waals surface area contributed by atoms with Crippen LogP contribution in [0.5, 0.6) is 23.1 Å². The minimum Gasteiger partial charge on any atom is -0.493 e. The van der Waals surface area contributed by atoms with Gasteiger partial charge >= 0.3 is 0 Å². The maximum absolute atomic E-state index is 6.40. The van der Waals surface area contributed by atoms with Gasteiger partial charge < -0.3 is 24.3 Å². The van der Waals surface area contributed by atoms with Gasteiger partial charge in [-0.05, 0) is 12.1 Å². The van der Waals surface area contributed by atoms with Crippen LogP contribution in [0.1, 0.15) is 0 Å². The van der Waals surface area contributed by atoms with Gasteiger partial charge in [0.2, 0.25) is 12.5 Å². The SMILES string of the molecule is C#CCN1CCN(CCOc2cc3nccc(Nc4c(Cl)cnc5c4OCO5)c3cc2OC)CC1. The van der Waals surface area contributed by atoms with Crippen molar-refractivity contribution in [3.05, 3.63) is 35.6 Å². The molecule has 2 aromatic heterocycles. The zero-order valence-electron chi connectivity index (χ0n) is 19.4. The first-order valence-corrected chi connectivity index (χ1v) is 11.7. The van der Waals surface area contributed by atoms with Crippen LogP contribution in [0.2, 0.25) is 5.02 Å². The van der Waals surface area contributed by atoms with Gasteiger partial charge in [0.25, 0.3) is 5.88 Å². The van der Waals surface area contributed by atoms with E-state index in [1.54, 1.807) is 13.3 Å². The number of benzene rings is 1. The van der Waals surface area contributed by atoms with E-state index in [9.17, 15) is 0 Å². The Bertz CT molecular complexity index is 1260. The van der Waals surface area contributed by atoms with E-state index in [4.69, 9.17) is 37.0 Å². The molecule has 0 unspecified atom stereocenters. The molecule has 5 rings (SSSR count). The number of hydrogen-bond acceptors (Lipinski definition) is 9. The van der Waals surface area contributed by atoms with Crippen molar-refractivity contribution in [2.75, 3.05) is 65.1 Å². The summed E-state index contributed by atoms with van der Waals surface area (Å²) in [5.74, 6) is 4.87. The number of terminal acetylenes is 1. The zero-order chi connectivity index (χ0) is 24.2. The van der Waals surface area contributed by atoms with Gasteiger partial charge in [0.05, 0.1) is 30.4 Å². The molecule has 4 heterocycles. The molecule has 10 heteroatoms. The third-order valence-corrected chi connectivity index (χ3v) is 6.37. The lowest BCUT2D eigenvalue weighted by Crippen LogP contribution is -2.47. The quantitative estimate of drug-likeness (QED) is 0.473. The third kappa shape index (κ3) is 5.00. The molecule has 1 aromatic carbocycles. The monoisotopic (exact) mass is 495 g/mol. The number of aromatic nitrogens is 2. The molecule has 3 aromatic rings. The molecule has 0 spiro atoms. The Morgan fingerprint density at radius 2 is 1.97 bits per heavy atom. The number of ether oxygens (including phenoxy) is 4. The topological polar surface area (TPSA) is 81.2 Å². The predicted molar refractivity (Wildman–Crippen MR) is 134 cm³/mol. The number of methoxy groups -OCH3 is 1. The van der Waals surface area contributed by atoms with Crippen molar-refractivity contribution in [3.63, 3.8) is 0 Å². The minimum absolute atomic E-state index is 0.101. The van der Waals surface area contributed by atoms with Crippen molar-refractivity contribution in [1.29, 1.82) is 0 Å². The molecular weight excluding hydrogens is 470 g/mol. The standard InChI is InChI=1S/C25H26ClN5O4/c1-3-6-30-7-9-31(10-8-30)11-12-33-22-14-20-17(13-21(22)32-2)19(4-5-27-20)29-23-18(26)15-28-25-24(23)34-16-35-25/h1,4-5,13-15H,6-12,16H2,2H3,(H,27,28,29). The lowest BCUT2D eigenvalue weighted by atomic mass is 10.1. The molecule has 2 aliphatic heterocycles. The summed E-state index contributed by atoms with van der Waals surface area (Å²) in [5, 5.41) is 4.62. The number of pyridine rings is 2. The van der Waals surface area contributed by atoms with Crippen LogP contribution in [0.4, 0.5) is 11.4 Å². The van der Waals surface area contributed by atoms with E-state index in [0.29, 0.717) is 47.0 Å². The second-order valence-corrected chi connectivity index (χ2v) is 8.60. The van der Waals surface area contributed by atoms with Crippen molar-refractivity contribution in [2.24, 2.45) is 0 Å². The molecule has 2 aliphatic rings. The average molecular weight is 496 g/mol. The zero-order valence-corrected chi connectivity index (χ0v) is 20.2. The second kappa shape index (κ2) is 10.4. The van der Waals surface area contributed by atoms with Crippen LogP contribution in [0.15, 0.2) is 30.6 Å². The third-order valence-electron chi connectivity index (χ3n) is 6.09. The fourth-order valence-electron chi connectivity index (χ4n) is 4.21. The number of rotatable bonds is 8. The van der Waals surface area contributed by atoms with Gasteiger partial charge in [-0.1, -0.05) is 17.5 Å². The molecule has 0 radical (unpaired) electrons. The van der Waals surface area contributed by atoms with Crippen molar-refractivity contribution in [2.45, 2.75) is 0 Å². The normalized spacial score (nSPS) is 15.7. The van der Waals surface area contributed by atoms with Gasteiger partial charge in [0.15, 0.2) is 11.5 Å². The van der Waals surface area contributed by atoms with E-state index in [2.05, 4.69) is 31.0 Å². The average Bonchev–Trinajstić information content (AvgIpc) is 3.36. The summed E-state index contributed by atoms with van der Waals surface area (Å²) in [4.78, 5) is 13.3. The number of nitrogens with zero attached hydrogens (tertiary/aromatic N) is 4. The number of hydrogen-bond donors (Lipinski definition) is 1. The van der Waals surface area contributed by atoms with Crippen molar-refractivity contribution in [1.82, 2.24) is 19.8 Å². The van der Waals surface area contributed by atoms with Crippen LogP contribution in [0.3, 0.4) is 0 Å². The summed E-state index contributed by atoms with van der Waals surface area (Å²) in [7, 11) is 1.62. The van der Waals surface area contributed by atoms with Crippen LogP contribution in [0.25, 0.3) is 10.9 Å². The Morgan fingerprint density at radius 1 is 1.14 bits per heavy atom. The van der Waals surface area contributed by atoms with Crippen LogP contribution in [-0.2, 0) is 0 Å². The first-order valence-electron chi connectivity index (χ1n) is 11.3. The molecule has 0 amide bonds. The highest BCUT2D eigenvalue weighted by Gasteiger charge is 2.23. The van der Waals surface area contributed by atoms with Crippen LogP contribution in [-0.4, -0.2) is 79.5 Å². The summed E-state index contributed by atoms with van der Waals surface area (Å²) in [6, 6.07) is 5.66.